The summed E-state index contributed by atoms with van der Waals surface area (Å²) in [5.41, 5.74) is 16.0. The third kappa shape index (κ3) is 20.5. The Labute approximate surface area is 390 Å². The van der Waals surface area contributed by atoms with Crippen LogP contribution in [0, 0.1) is 11.3 Å². The zero-order valence-electron chi connectivity index (χ0n) is 42.8. The van der Waals surface area contributed by atoms with E-state index < -0.39 is 0 Å². The van der Waals surface area contributed by atoms with Gasteiger partial charge in [-0.2, -0.15) is 0 Å². The van der Waals surface area contributed by atoms with Crippen molar-refractivity contribution in [3.63, 3.8) is 0 Å². The molecule has 0 aliphatic heterocycles. The van der Waals surface area contributed by atoms with Gasteiger partial charge in [0.1, 0.15) is 13.1 Å². The number of hydrogen-bond donors (Lipinski definition) is 0. The summed E-state index contributed by atoms with van der Waals surface area (Å²) < 4.78 is 0. The third-order valence-electron chi connectivity index (χ3n) is 14.0. The average molecular weight is 861 g/mol. The Balaban J connectivity index is 0.00000203. The zero-order chi connectivity index (χ0) is 47.0. The molecule has 4 rings (SSSR count). The standard InChI is InChI=1S/C54H82.C4H6O.C2H6.CH2O/c1-9-15-18-23-43-27-29-45(30-28-43)46-31-33-47(34-32-46)53-36-35-48(39-44(53)12-4)51-40-49(24-19-16-10-2)52(50(41-51)25-20-22-42(7)8)26-21-38-54(13-5,14-6)37-17-11-3;1-4(2)3-5;2*1-2/h31-36,39-41,43,45H,7,9-30,37-38H2,1-6,8H3;3H,1H2,2H3;1-2H3;1H2. The monoisotopic (exact) mass is 861 g/mol. The second kappa shape index (κ2) is 33.9. The van der Waals surface area contributed by atoms with E-state index in [9.17, 15) is 4.79 Å². The van der Waals surface area contributed by atoms with Crippen LogP contribution in [0.2, 0.25) is 0 Å². The van der Waals surface area contributed by atoms with Gasteiger partial charge in [-0.05, 0) is 177 Å². The Morgan fingerprint density at radius 2 is 1.14 bits per heavy atom. The predicted octanol–water partition coefficient (Wildman–Crippen LogP) is 19.0. The Hall–Kier alpha value is -3.52. The molecule has 0 bridgehead atoms. The molecule has 1 saturated carbocycles. The fourth-order valence-electron chi connectivity index (χ4n) is 9.90. The number of benzene rings is 3. The molecule has 63 heavy (non-hydrogen) atoms. The lowest BCUT2D eigenvalue weighted by Crippen LogP contribution is -2.19. The highest BCUT2D eigenvalue weighted by atomic mass is 16.1. The van der Waals surface area contributed by atoms with Crippen molar-refractivity contribution in [3.05, 3.63) is 107 Å². The lowest BCUT2D eigenvalue weighted by atomic mass is 9.73. The van der Waals surface area contributed by atoms with Crippen LogP contribution < -0.4 is 0 Å². The second-order valence-electron chi connectivity index (χ2n) is 18.7. The minimum atomic E-state index is 0.518. The van der Waals surface area contributed by atoms with Crippen LogP contribution >= 0.6 is 0 Å². The fraction of sp³-hybridized carbons (Fsp3) is 0.607. The summed E-state index contributed by atoms with van der Waals surface area (Å²) in [7, 11) is 0. The van der Waals surface area contributed by atoms with E-state index in [1.165, 1.54) is 168 Å². The van der Waals surface area contributed by atoms with Crippen LogP contribution in [0.3, 0.4) is 0 Å². The van der Waals surface area contributed by atoms with Crippen LogP contribution in [0.1, 0.15) is 231 Å². The molecule has 3 aromatic rings. The van der Waals surface area contributed by atoms with E-state index in [4.69, 9.17) is 4.79 Å². The molecule has 1 fully saturated rings. The Bertz CT molecular complexity index is 1680. The highest BCUT2D eigenvalue weighted by Crippen LogP contribution is 2.41. The van der Waals surface area contributed by atoms with Gasteiger partial charge in [0.15, 0.2) is 0 Å². The van der Waals surface area contributed by atoms with Crippen molar-refractivity contribution in [1.82, 2.24) is 0 Å². The van der Waals surface area contributed by atoms with Crippen molar-refractivity contribution in [1.29, 1.82) is 0 Å². The first-order chi connectivity index (χ1) is 30.6. The quantitative estimate of drug-likeness (QED) is 0.0349. The van der Waals surface area contributed by atoms with Gasteiger partial charge in [0.2, 0.25) is 0 Å². The summed E-state index contributed by atoms with van der Waals surface area (Å²) in [6.07, 6.45) is 32.2. The molecule has 0 amide bonds. The maximum absolute atomic E-state index is 9.41. The minimum Gasteiger partial charge on any atom is -0.307 e. The molecule has 3 aromatic carbocycles. The molecule has 1 aliphatic carbocycles. The molecular formula is C61H96O2. The maximum atomic E-state index is 9.41. The minimum absolute atomic E-state index is 0.518. The van der Waals surface area contributed by atoms with Crippen LogP contribution in [0.15, 0.2) is 78.9 Å². The summed E-state index contributed by atoms with van der Waals surface area (Å²) in [5, 5.41) is 0. The molecule has 0 unspecified atom stereocenters. The number of unbranched alkanes of at least 4 members (excludes halogenated alkanes) is 5. The number of allylic oxidation sites excluding steroid dienone is 2. The molecule has 0 spiro atoms. The highest BCUT2D eigenvalue weighted by Gasteiger charge is 2.26. The molecule has 0 atom stereocenters. The molecular weight excluding hydrogens is 765 g/mol. The molecule has 0 saturated heterocycles. The van der Waals surface area contributed by atoms with Gasteiger partial charge in [-0.3, -0.25) is 4.79 Å². The number of aldehydes is 1. The maximum Gasteiger partial charge on any atom is 0.145 e. The van der Waals surface area contributed by atoms with Crippen LogP contribution in [-0.2, 0) is 35.3 Å². The number of carbonyl (C=O) groups excluding carboxylic acids is 2. The molecule has 0 radical (unpaired) electrons. The van der Waals surface area contributed by atoms with Crippen LogP contribution in [0.4, 0.5) is 0 Å². The van der Waals surface area contributed by atoms with E-state index in [-0.39, 0.29) is 0 Å². The number of hydrogen-bond acceptors (Lipinski definition) is 2. The van der Waals surface area contributed by atoms with E-state index in [0.717, 1.165) is 37.4 Å². The number of carbonyl (C=O) groups is 2. The summed E-state index contributed by atoms with van der Waals surface area (Å²) in [6, 6.07) is 22.3. The van der Waals surface area contributed by atoms with Gasteiger partial charge < -0.3 is 4.79 Å². The SMILES string of the molecule is C=C(C)C=O.C=C(C)CCCc1cc(-c2ccc(-c3ccc(C4CCC(CCCCC)CC4)cc3)c(CC)c2)cc(CCCCC)c1CCCC(CC)(CC)CCCC.C=O.CC. The molecule has 0 aromatic heterocycles. The van der Waals surface area contributed by atoms with Gasteiger partial charge in [-0.25, -0.2) is 0 Å². The topological polar surface area (TPSA) is 34.1 Å². The molecule has 352 valence electrons. The van der Waals surface area contributed by atoms with Gasteiger partial charge in [-0.1, -0.05) is 186 Å². The van der Waals surface area contributed by atoms with E-state index in [1.54, 1.807) is 29.2 Å². The van der Waals surface area contributed by atoms with Gasteiger partial charge in [0.25, 0.3) is 0 Å². The van der Waals surface area contributed by atoms with E-state index in [0.29, 0.717) is 11.0 Å². The summed E-state index contributed by atoms with van der Waals surface area (Å²) in [5.74, 6) is 1.71. The lowest BCUT2D eigenvalue weighted by molar-refractivity contribution is -0.104. The first-order valence-electron chi connectivity index (χ1n) is 26.0. The first-order valence-corrected chi connectivity index (χ1v) is 26.0. The summed E-state index contributed by atoms with van der Waals surface area (Å²) in [4.78, 5) is 17.4. The van der Waals surface area contributed by atoms with Crippen molar-refractivity contribution in [2.24, 2.45) is 11.3 Å². The fourth-order valence-corrected chi connectivity index (χ4v) is 9.90. The van der Waals surface area contributed by atoms with Crippen LogP contribution in [0.5, 0.6) is 0 Å². The summed E-state index contributed by atoms with van der Waals surface area (Å²) in [6.45, 7) is 31.7. The van der Waals surface area contributed by atoms with Gasteiger partial charge in [-0.15, -0.1) is 6.58 Å². The van der Waals surface area contributed by atoms with Crippen molar-refractivity contribution in [2.75, 3.05) is 0 Å². The Morgan fingerprint density at radius 3 is 1.67 bits per heavy atom. The largest absolute Gasteiger partial charge is 0.307 e. The zero-order valence-corrected chi connectivity index (χ0v) is 42.8. The van der Waals surface area contributed by atoms with E-state index in [2.05, 4.69) is 116 Å². The van der Waals surface area contributed by atoms with Crippen LogP contribution in [0.25, 0.3) is 22.3 Å². The predicted molar refractivity (Wildman–Crippen MR) is 281 cm³/mol. The van der Waals surface area contributed by atoms with Crippen molar-refractivity contribution >= 4 is 13.1 Å². The van der Waals surface area contributed by atoms with Gasteiger partial charge in [0.05, 0.1) is 0 Å². The smallest absolute Gasteiger partial charge is 0.145 e. The van der Waals surface area contributed by atoms with Crippen molar-refractivity contribution < 1.29 is 9.59 Å². The first kappa shape index (κ1) is 57.5. The van der Waals surface area contributed by atoms with E-state index >= 15 is 0 Å². The van der Waals surface area contributed by atoms with Crippen molar-refractivity contribution in [3.8, 4) is 22.3 Å². The molecule has 2 heteroatoms. The number of rotatable bonds is 26. The van der Waals surface area contributed by atoms with E-state index in [1.807, 2.05) is 20.6 Å². The molecule has 2 nitrogen and oxygen atoms in total. The molecule has 0 heterocycles. The molecule has 1 aliphatic rings. The van der Waals surface area contributed by atoms with Crippen molar-refractivity contribution in [2.45, 2.75) is 229 Å². The second-order valence-corrected chi connectivity index (χ2v) is 18.7. The lowest BCUT2D eigenvalue weighted by Gasteiger charge is -2.32. The van der Waals surface area contributed by atoms with Crippen LogP contribution in [-0.4, -0.2) is 13.1 Å². The van der Waals surface area contributed by atoms with Gasteiger partial charge in [0, 0.05) is 0 Å². The number of aryl methyl sites for hydroxylation is 3. The highest BCUT2D eigenvalue weighted by molar-refractivity contribution is 5.75. The normalized spacial score (nSPS) is 14.6. The Kier molecular flexibility index (Phi) is 31.0. The average Bonchev–Trinajstić information content (AvgIpc) is 3.32. The third-order valence-corrected chi connectivity index (χ3v) is 14.0. The van der Waals surface area contributed by atoms with Gasteiger partial charge >= 0.3 is 0 Å². The molecule has 0 N–H and O–H groups in total. The summed E-state index contributed by atoms with van der Waals surface area (Å²) >= 11 is 0. The Morgan fingerprint density at radius 1 is 0.619 bits per heavy atom.